The maximum absolute atomic E-state index is 6.17. The Morgan fingerprint density at radius 2 is 2.05 bits per heavy atom. The lowest BCUT2D eigenvalue weighted by Crippen LogP contribution is -2.52. The van der Waals surface area contributed by atoms with Crippen LogP contribution in [0.1, 0.15) is 31.4 Å². The molecule has 1 spiro atoms. The van der Waals surface area contributed by atoms with E-state index in [9.17, 15) is 0 Å². The average Bonchev–Trinajstić information content (AvgIpc) is 2.95. The first kappa shape index (κ1) is 12.9. The van der Waals surface area contributed by atoms with Crippen molar-refractivity contribution in [1.82, 2.24) is 9.47 Å². The predicted molar refractivity (Wildman–Crippen MR) is 76.6 cm³/mol. The molecule has 0 bridgehead atoms. The highest BCUT2D eigenvalue weighted by Crippen LogP contribution is 2.36. The van der Waals surface area contributed by atoms with Crippen LogP contribution in [0.25, 0.3) is 0 Å². The molecule has 3 aliphatic rings. The van der Waals surface area contributed by atoms with Crippen LogP contribution >= 0.6 is 0 Å². The number of hydrogen-bond donors (Lipinski definition) is 0. The quantitative estimate of drug-likeness (QED) is 0.785. The molecule has 0 aliphatic carbocycles. The minimum atomic E-state index is 0.112. The van der Waals surface area contributed by atoms with Gasteiger partial charge in [0.15, 0.2) is 0 Å². The van der Waals surface area contributed by atoms with Crippen LogP contribution in [0.3, 0.4) is 0 Å². The molecule has 4 heterocycles. The van der Waals surface area contributed by atoms with Gasteiger partial charge >= 0.3 is 0 Å². The van der Waals surface area contributed by atoms with E-state index in [1.165, 1.54) is 25.1 Å². The van der Waals surface area contributed by atoms with Gasteiger partial charge in [-0.25, -0.2) is 0 Å². The zero-order chi connectivity index (χ0) is 13.4. The van der Waals surface area contributed by atoms with Crippen molar-refractivity contribution < 1.29 is 9.47 Å². The van der Waals surface area contributed by atoms with Crippen LogP contribution in [-0.2, 0) is 22.6 Å². The Morgan fingerprint density at radius 1 is 1.15 bits per heavy atom. The molecule has 0 amide bonds. The van der Waals surface area contributed by atoms with Crippen LogP contribution in [-0.4, -0.2) is 47.5 Å². The summed E-state index contributed by atoms with van der Waals surface area (Å²) in [5, 5.41) is 0. The van der Waals surface area contributed by atoms with Gasteiger partial charge in [0, 0.05) is 57.4 Å². The highest BCUT2D eigenvalue weighted by molar-refractivity contribution is 5.09. The zero-order valence-electron chi connectivity index (χ0n) is 12.1. The standard InChI is InChI=1S/C16H24N2O2/c1-2-15-13-18(8-7-17(15)6-1)14-3-9-20-16(12-14)4-10-19-11-5-16/h1-2,6,14H,3-5,7-13H2/t14-/m0/s1. The molecule has 3 aliphatic heterocycles. The van der Waals surface area contributed by atoms with E-state index in [0.29, 0.717) is 6.04 Å². The summed E-state index contributed by atoms with van der Waals surface area (Å²) in [5.41, 5.74) is 1.57. The van der Waals surface area contributed by atoms with E-state index >= 15 is 0 Å². The summed E-state index contributed by atoms with van der Waals surface area (Å²) in [7, 11) is 0. The smallest absolute Gasteiger partial charge is 0.0741 e. The van der Waals surface area contributed by atoms with Gasteiger partial charge in [-0.05, 0) is 37.8 Å². The Hall–Kier alpha value is -0.840. The fourth-order valence-corrected chi connectivity index (χ4v) is 4.05. The van der Waals surface area contributed by atoms with Crippen molar-refractivity contribution in [3.05, 3.63) is 24.0 Å². The molecule has 2 saturated heterocycles. The highest BCUT2D eigenvalue weighted by Gasteiger charge is 2.41. The molecule has 4 rings (SSSR count). The van der Waals surface area contributed by atoms with Crippen molar-refractivity contribution >= 4 is 0 Å². The average molecular weight is 276 g/mol. The first-order chi connectivity index (χ1) is 9.85. The molecular formula is C16H24N2O2. The van der Waals surface area contributed by atoms with Crippen molar-refractivity contribution in [1.29, 1.82) is 0 Å². The predicted octanol–water partition coefficient (Wildman–Crippen LogP) is 2.03. The van der Waals surface area contributed by atoms with Crippen molar-refractivity contribution in [3.8, 4) is 0 Å². The Balaban J connectivity index is 1.46. The van der Waals surface area contributed by atoms with Crippen molar-refractivity contribution in [2.45, 2.75) is 50.4 Å². The molecule has 110 valence electrons. The number of nitrogens with zero attached hydrogens (tertiary/aromatic N) is 2. The van der Waals surface area contributed by atoms with Crippen molar-refractivity contribution in [2.24, 2.45) is 0 Å². The summed E-state index contributed by atoms with van der Waals surface area (Å²) in [6.45, 7) is 6.08. The minimum Gasteiger partial charge on any atom is -0.381 e. The second-order valence-corrected chi connectivity index (χ2v) is 6.45. The third kappa shape index (κ3) is 2.30. The molecular weight excluding hydrogens is 252 g/mol. The topological polar surface area (TPSA) is 26.6 Å². The molecule has 0 aromatic carbocycles. The number of ether oxygens (including phenoxy) is 2. The summed E-state index contributed by atoms with van der Waals surface area (Å²) in [6.07, 6.45) is 6.73. The lowest BCUT2D eigenvalue weighted by Gasteiger charge is -2.47. The van der Waals surface area contributed by atoms with Crippen LogP contribution in [0.5, 0.6) is 0 Å². The largest absolute Gasteiger partial charge is 0.381 e. The van der Waals surface area contributed by atoms with Gasteiger partial charge in [0.2, 0.25) is 0 Å². The molecule has 1 atom stereocenters. The SMILES string of the molecule is c1cc2n(c1)CCN([C@H]1CCOC3(CCOCC3)C1)C2. The molecule has 1 aromatic heterocycles. The van der Waals surface area contributed by atoms with Gasteiger partial charge in [-0.2, -0.15) is 0 Å². The molecule has 0 N–H and O–H groups in total. The van der Waals surface area contributed by atoms with Gasteiger partial charge in [-0.15, -0.1) is 0 Å². The summed E-state index contributed by atoms with van der Waals surface area (Å²) < 4.78 is 14.1. The summed E-state index contributed by atoms with van der Waals surface area (Å²) in [6, 6.07) is 5.11. The van der Waals surface area contributed by atoms with E-state index in [4.69, 9.17) is 9.47 Å². The van der Waals surface area contributed by atoms with Crippen LogP contribution < -0.4 is 0 Å². The number of rotatable bonds is 1. The zero-order valence-corrected chi connectivity index (χ0v) is 12.1. The molecule has 1 aromatic rings. The van der Waals surface area contributed by atoms with Gasteiger partial charge in [-0.3, -0.25) is 4.90 Å². The van der Waals surface area contributed by atoms with Gasteiger partial charge in [0.05, 0.1) is 5.60 Å². The first-order valence-corrected chi connectivity index (χ1v) is 7.94. The second-order valence-electron chi connectivity index (χ2n) is 6.45. The Labute approximate surface area is 120 Å². The highest BCUT2D eigenvalue weighted by atomic mass is 16.5. The molecule has 4 nitrogen and oxygen atoms in total. The van der Waals surface area contributed by atoms with Gasteiger partial charge in [0.1, 0.15) is 0 Å². The Bertz CT molecular complexity index is 459. The molecule has 20 heavy (non-hydrogen) atoms. The number of aromatic nitrogens is 1. The van der Waals surface area contributed by atoms with Crippen LogP contribution in [0, 0.1) is 0 Å². The molecule has 0 radical (unpaired) electrons. The third-order valence-corrected chi connectivity index (χ3v) is 5.30. The van der Waals surface area contributed by atoms with Crippen LogP contribution in [0.2, 0.25) is 0 Å². The van der Waals surface area contributed by atoms with Gasteiger partial charge in [-0.1, -0.05) is 0 Å². The Kier molecular flexibility index (Phi) is 3.33. The lowest BCUT2D eigenvalue weighted by atomic mass is 9.83. The van der Waals surface area contributed by atoms with E-state index in [2.05, 4.69) is 27.8 Å². The summed E-state index contributed by atoms with van der Waals surface area (Å²) in [5.74, 6) is 0. The van der Waals surface area contributed by atoms with Crippen molar-refractivity contribution in [3.63, 3.8) is 0 Å². The van der Waals surface area contributed by atoms with E-state index in [1.54, 1.807) is 0 Å². The molecule has 4 heteroatoms. The van der Waals surface area contributed by atoms with Crippen LogP contribution in [0.4, 0.5) is 0 Å². The first-order valence-electron chi connectivity index (χ1n) is 7.94. The van der Waals surface area contributed by atoms with E-state index in [0.717, 1.165) is 45.8 Å². The number of fused-ring (bicyclic) bond motifs is 1. The van der Waals surface area contributed by atoms with Gasteiger partial charge < -0.3 is 14.0 Å². The third-order valence-electron chi connectivity index (χ3n) is 5.30. The van der Waals surface area contributed by atoms with E-state index in [1.807, 2.05) is 0 Å². The molecule has 0 unspecified atom stereocenters. The van der Waals surface area contributed by atoms with E-state index in [-0.39, 0.29) is 5.60 Å². The monoisotopic (exact) mass is 276 g/mol. The van der Waals surface area contributed by atoms with E-state index < -0.39 is 0 Å². The van der Waals surface area contributed by atoms with Crippen molar-refractivity contribution in [2.75, 3.05) is 26.4 Å². The second kappa shape index (κ2) is 5.17. The normalized spacial score (nSPS) is 30.3. The molecule has 2 fully saturated rings. The lowest BCUT2D eigenvalue weighted by molar-refractivity contribution is -0.153. The van der Waals surface area contributed by atoms with Crippen LogP contribution in [0.15, 0.2) is 18.3 Å². The minimum absolute atomic E-state index is 0.112. The Morgan fingerprint density at radius 3 is 2.95 bits per heavy atom. The maximum atomic E-state index is 6.17. The van der Waals surface area contributed by atoms with Gasteiger partial charge in [0.25, 0.3) is 0 Å². The summed E-state index contributed by atoms with van der Waals surface area (Å²) in [4.78, 5) is 2.68. The fourth-order valence-electron chi connectivity index (χ4n) is 4.05. The summed E-state index contributed by atoms with van der Waals surface area (Å²) >= 11 is 0. The maximum Gasteiger partial charge on any atom is 0.0741 e. The fraction of sp³-hybridized carbons (Fsp3) is 0.750. The number of hydrogen-bond acceptors (Lipinski definition) is 3. The molecule has 0 saturated carbocycles.